The molecule has 1 heterocycles. The summed E-state index contributed by atoms with van der Waals surface area (Å²) in [5, 5.41) is 12.6. The molecule has 3 aromatic carbocycles. The molecule has 1 aromatic heterocycles. The summed E-state index contributed by atoms with van der Waals surface area (Å²) in [6, 6.07) is 24.2. The van der Waals surface area contributed by atoms with Crippen LogP contribution in [0.2, 0.25) is 5.02 Å². The molecule has 8 nitrogen and oxygen atoms in total. The zero-order valence-corrected chi connectivity index (χ0v) is 21.5. The number of benzene rings is 3. The van der Waals surface area contributed by atoms with Crippen LogP contribution < -0.4 is 20.8 Å². The molecule has 10 heteroatoms. The van der Waals surface area contributed by atoms with E-state index in [1.807, 2.05) is 55.5 Å². The topological polar surface area (TPSA) is 104 Å². The number of rotatable bonds is 9. The molecule has 188 valence electrons. The molecule has 4 aromatic rings. The van der Waals surface area contributed by atoms with E-state index in [9.17, 15) is 4.79 Å². The summed E-state index contributed by atoms with van der Waals surface area (Å²) in [5.74, 6) is 1.65. The normalized spacial score (nSPS) is 11.6. The van der Waals surface area contributed by atoms with Crippen molar-refractivity contribution < 1.29 is 9.47 Å². The van der Waals surface area contributed by atoms with Gasteiger partial charge in [0, 0.05) is 5.75 Å². The molecule has 0 aliphatic rings. The highest BCUT2D eigenvalue weighted by Gasteiger charge is 2.15. The minimum Gasteiger partial charge on any atom is -0.490 e. The Bertz CT molecular complexity index is 1460. The lowest BCUT2D eigenvalue weighted by atomic mass is 10.2. The fraction of sp³-hybridized carbons (Fsp3) is 0.111. The number of aromatic nitrogens is 2. The van der Waals surface area contributed by atoms with Crippen LogP contribution in [-0.2, 0) is 5.75 Å². The molecule has 0 spiro atoms. The SMILES string of the molecule is CCOc1cc(C=NN=C(N)SCc2ccccc2)ccc1Oc1cnn(-c2ccccc2)c(=O)c1Cl. The van der Waals surface area contributed by atoms with Gasteiger partial charge in [0.1, 0.15) is 0 Å². The first-order valence-corrected chi connectivity index (χ1v) is 12.7. The lowest BCUT2D eigenvalue weighted by molar-refractivity contribution is 0.321. The van der Waals surface area contributed by atoms with E-state index < -0.39 is 5.56 Å². The van der Waals surface area contributed by atoms with Crippen LogP contribution in [0.5, 0.6) is 17.2 Å². The third-order valence-corrected chi connectivity index (χ3v) is 6.17. The summed E-state index contributed by atoms with van der Waals surface area (Å²) in [5.41, 5.74) is 7.94. The van der Waals surface area contributed by atoms with Crippen LogP contribution in [0.4, 0.5) is 0 Å². The number of nitrogens with zero attached hydrogens (tertiary/aromatic N) is 4. The first kappa shape index (κ1) is 26.0. The van der Waals surface area contributed by atoms with Crippen molar-refractivity contribution >= 4 is 34.7 Å². The Kier molecular flexibility index (Phi) is 8.96. The highest BCUT2D eigenvalue weighted by atomic mass is 35.5. The molecule has 0 atom stereocenters. The van der Waals surface area contributed by atoms with Crippen LogP contribution in [0.3, 0.4) is 0 Å². The van der Waals surface area contributed by atoms with Gasteiger partial charge in [0.05, 0.1) is 24.7 Å². The molecule has 0 amide bonds. The average molecular weight is 534 g/mol. The van der Waals surface area contributed by atoms with E-state index in [1.54, 1.807) is 36.5 Å². The molecule has 0 aliphatic carbocycles. The smallest absolute Gasteiger partial charge is 0.294 e. The van der Waals surface area contributed by atoms with Crippen molar-refractivity contribution in [1.82, 2.24) is 9.78 Å². The highest BCUT2D eigenvalue weighted by Crippen LogP contribution is 2.34. The number of amidine groups is 1. The van der Waals surface area contributed by atoms with Crippen molar-refractivity contribution in [2.75, 3.05) is 6.61 Å². The molecule has 0 fully saturated rings. The van der Waals surface area contributed by atoms with Crippen LogP contribution in [0.15, 0.2) is 100 Å². The largest absolute Gasteiger partial charge is 0.490 e. The maximum atomic E-state index is 12.8. The molecule has 4 rings (SSSR count). The summed E-state index contributed by atoms with van der Waals surface area (Å²) in [4.78, 5) is 12.8. The van der Waals surface area contributed by atoms with Crippen LogP contribution in [0.1, 0.15) is 18.1 Å². The Morgan fingerprint density at radius 1 is 1.05 bits per heavy atom. The van der Waals surface area contributed by atoms with Gasteiger partial charge in [0.2, 0.25) is 0 Å². The molecule has 0 saturated heterocycles. The number of ether oxygens (including phenoxy) is 2. The standard InChI is InChI=1S/C27H24ClN5O3S/c1-2-35-23-15-20(16-30-32-27(29)37-18-19-9-5-3-6-10-19)13-14-22(23)36-24-17-31-33(26(34)25(24)28)21-11-7-4-8-12-21/h3-17H,2,18H2,1H3,(H2,29,32). The van der Waals surface area contributed by atoms with Gasteiger partial charge in [-0.2, -0.15) is 14.9 Å². The summed E-state index contributed by atoms with van der Waals surface area (Å²) in [7, 11) is 0. The second-order valence-corrected chi connectivity index (χ2v) is 8.95. The number of hydrogen-bond acceptors (Lipinski definition) is 7. The van der Waals surface area contributed by atoms with Crippen molar-refractivity contribution in [2.45, 2.75) is 12.7 Å². The van der Waals surface area contributed by atoms with Crippen LogP contribution in [0, 0.1) is 0 Å². The van der Waals surface area contributed by atoms with Gasteiger partial charge in [-0.05, 0) is 48.4 Å². The first-order chi connectivity index (χ1) is 18.0. The Morgan fingerprint density at radius 2 is 1.78 bits per heavy atom. The van der Waals surface area contributed by atoms with Crippen molar-refractivity contribution in [3.63, 3.8) is 0 Å². The lowest BCUT2D eigenvalue weighted by Crippen LogP contribution is -2.21. The van der Waals surface area contributed by atoms with E-state index in [0.717, 1.165) is 11.1 Å². The van der Waals surface area contributed by atoms with Gasteiger partial charge in [-0.3, -0.25) is 4.79 Å². The molecule has 37 heavy (non-hydrogen) atoms. The monoisotopic (exact) mass is 533 g/mol. The van der Waals surface area contributed by atoms with Gasteiger partial charge >= 0.3 is 0 Å². The molecule has 0 aliphatic heterocycles. The fourth-order valence-corrected chi connectivity index (χ4v) is 4.01. The molecular weight excluding hydrogens is 510 g/mol. The number of hydrogen-bond donors (Lipinski definition) is 1. The van der Waals surface area contributed by atoms with Crippen LogP contribution >= 0.6 is 23.4 Å². The van der Waals surface area contributed by atoms with Crippen molar-refractivity contribution in [2.24, 2.45) is 15.9 Å². The minimum atomic E-state index is -0.493. The number of para-hydroxylation sites is 1. The molecule has 0 unspecified atom stereocenters. The Labute approximate surface area is 223 Å². The van der Waals surface area contributed by atoms with Gasteiger partial charge in [-0.15, -0.1) is 5.10 Å². The van der Waals surface area contributed by atoms with E-state index in [2.05, 4.69) is 15.3 Å². The molecule has 2 N–H and O–H groups in total. The van der Waals surface area contributed by atoms with Gasteiger partial charge in [-0.25, -0.2) is 0 Å². The fourth-order valence-electron chi connectivity index (χ4n) is 3.23. The summed E-state index contributed by atoms with van der Waals surface area (Å²) < 4.78 is 12.8. The predicted octanol–water partition coefficient (Wildman–Crippen LogP) is 5.66. The van der Waals surface area contributed by atoms with Crippen LogP contribution in [0.25, 0.3) is 5.69 Å². The third kappa shape index (κ3) is 6.99. The summed E-state index contributed by atoms with van der Waals surface area (Å²) in [6.07, 6.45) is 2.96. The van der Waals surface area contributed by atoms with Crippen molar-refractivity contribution in [3.05, 3.63) is 112 Å². The average Bonchev–Trinajstić information content (AvgIpc) is 2.92. The second kappa shape index (κ2) is 12.8. The van der Waals surface area contributed by atoms with Crippen molar-refractivity contribution in [3.8, 4) is 22.9 Å². The second-order valence-electron chi connectivity index (χ2n) is 7.57. The maximum Gasteiger partial charge on any atom is 0.294 e. The van der Waals surface area contributed by atoms with Gasteiger partial charge < -0.3 is 15.2 Å². The predicted molar refractivity (Wildman–Crippen MR) is 149 cm³/mol. The highest BCUT2D eigenvalue weighted by molar-refractivity contribution is 8.13. The quantitative estimate of drug-likeness (QED) is 0.169. The van der Waals surface area contributed by atoms with E-state index >= 15 is 0 Å². The van der Waals surface area contributed by atoms with Crippen LogP contribution in [-0.4, -0.2) is 27.8 Å². The first-order valence-electron chi connectivity index (χ1n) is 11.4. The van der Waals surface area contributed by atoms with E-state index in [-0.39, 0.29) is 10.8 Å². The zero-order chi connectivity index (χ0) is 26.0. The Morgan fingerprint density at radius 3 is 2.51 bits per heavy atom. The third-order valence-electron chi connectivity index (χ3n) is 4.97. The zero-order valence-electron chi connectivity index (χ0n) is 20.0. The number of halogens is 1. The van der Waals surface area contributed by atoms with E-state index in [0.29, 0.717) is 34.7 Å². The number of nitrogens with two attached hydrogens (primary N) is 1. The van der Waals surface area contributed by atoms with Gasteiger partial charge in [0.25, 0.3) is 5.56 Å². The van der Waals surface area contributed by atoms with Gasteiger partial charge in [-0.1, -0.05) is 71.9 Å². The lowest BCUT2D eigenvalue weighted by Gasteiger charge is -2.13. The Balaban J connectivity index is 1.48. The molecule has 0 bridgehead atoms. The molecule has 0 saturated carbocycles. The summed E-state index contributed by atoms with van der Waals surface area (Å²) >= 11 is 7.74. The Hall–Kier alpha value is -4.08. The van der Waals surface area contributed by atoms with Gasteiger partial charge in [0.15, 0.2) is 27.4 Å². The van der Waals surface area contributed by atoms with E-state index in [1.165, 1.54) is 22.6 Å². The van der Waals surface area contributed by atoms with Crippen molar-refractivity contribution in [1.29, 1.82) is 0 Å². The van der Waals surface area contributed by atoms with E-state index in [4.69, 9.17) is 26.8 Å². The maximum absolute atomic E-state index is 12.8. The minimum absolute atomic E-state index is 0.0928. The number of thioether (sulfide) groups is 1. The molecular formula is C27H24ClN5O3S. The summed E-state index contributed by atoms with van der Waals surface area (Å²) in [6.45, 7) is 2.26. The molecule has 0 radical (unpaired) electrons.